The first kappa shape index (κ1) is 12.5. The number of nitrogens with zero attached hydrogens (tertiary/aromatic N) is 1. The van der Waals surface area contributed by atoms with E-state index in [0.717, 1.165) is 25.7 Å². The first-order valence-electron chi connectivity index (χ1n) is 7.79. The molecule has 0 radical (unpaired) electrons. The van der Waals surface area contributed by atoms with Crippen LogP contribution in [0.2, 0.25) is 0 Å². The van der Waals surface area contributed by atoms with Gasteiger partial charge in [0.1, 0.15) is 0 Å². The molecule has 0 fully saturated rings. The van der Waals surface area contributed by atoms with Gasteiger partial charge in [-0.3, -0.25) is 0 Å². The predicted octanol–water partition coefficient (Wildman–Crippen LogP) is 5.65. The third kappa shape index (κ3) is 2.09. The molecule has 4 rings (SSSR count). The summed E-state index contributed by atoms with van der Waals surface area (Å²) in [5.74, 6) is 0. The lowest BCUT2D eigenvalue weighted by Crippen LogP contribution is -2.00. The first-order valence-corrected chi connectivity index (χ1v) is 7.79. The third-order valence-electron chi connectivity index (χ3n) is 4.25. The summed E-state index contributed by atoms with van der Waals surface area (Å²) in [6.45, 7) is 0. The van der Waals surface area contributed by atoms with Crippen LogP contribution in [0.5, 0.6) is 0 Å². The number of para-hydroxylation sites is 1. The fraction of sp³-hybridized carbons (Fsp3) is 0.200. The van der Waals surface area contributed by atoms with E-state index in [9.17, 15) is 0 Å². The Balaban J connectivity index is 2.07. The van der Waals surface area contributed by atoms with Crippen LogP contribution in [0.15, 0.2) is 54.6 Å². The second-order valence-corrected chi connectivity index (χ2v) is 5.64. The Bertz CT molecular complexity index is 797. The second kappa shape index (κ2) is 5.25. The van der Waals surface area contributed by atoms with E-state index < -0.39 is 0 Å². The van der Waals surface area contributed by atoms with Crippen LogP contribution in [0.3, 0.4) is 0 Å². The molecule has 21 heavy (non-hydrogen) atoms. The van der Waals surface area contributed by atoms with Crippen molar-refractivity contribution in [3.63, 3.8) is 0 Å². The summed E-state index contributed by atoms with van der Waals surface area (Å²) in [6.07, 6.45) is 20.6. The van der Waals surface area contributed by atoms with Crippen molar-refractivity contribution in [3.05, 3.63) is 65.9 Å². The minimum absolute atomic E-state index is 1.12. The van der Waals surface area contributed by atoms with Crippen LogP contribution in [0, 0.1) is 0 Å². The van der Waals surface area contributed by atoms with Crippen molar-refractivity contribution in [2.45, 2.75) is 25.7 Å². The number of fused-ring (bicyclic) bond motifs is 3. The minimum atomic E-state index is 1.12. The molecule has 0 atom stereocenters. The van der Waals surface area contributed by atoms with E-state index in [1.54, 1.807) is 0 Å². The van der Waals surface area contributed by atoms with Crippen molar-refractivity contribution >= 4 is 28.8 Å². The fourth-order valence-corrected chi connectivity index (χ4v) is 3.26. The Morgan fingerprint density at radius 1 is 0.762 bits per heavy atom. The highest BCUT2D eigenvalue weighted by molar-refractivity contribution is 5.97. The van der Waals surface area contributed by atoms with Gasteiger partial charge >= 0.3 is 0 Å². The normalized spacial score (nSPS) is 20.5. The van der Waals surface area contributed by atoms with Crippen molar-refractivity contribution in [2.24, 2.45) is 0 Å². The van der Waals surface area contributed by atoms with Gasteiger partial charge in [0, 0.05) is 16.6 Å². The molecule has 1 nitrogen and oxygen atoms in total. The van der Waals surface area contributed by atoms with Crippen molar-refractivity contribution in [1.29, 1.82) is 0 Å². The molecule has 0 saturated carbocycles. The van der Waals surface area contributed by atoms with Crippen molar-refractivity contribution < 1.29 is 0 Å². The zero-order valence-electron chi connectivity index (χ0n) is 12.1. The molecule has 1 aromatic carbocycles. The molecule has 0 amide bonds. The summed E-state index contributed by atoms with van der Waals surface area (Å²) in [4.78, 5) is 0. The summed E-state index contributed by atoms with van der Waals surface area (Å²) in [6, 6.07) is 8.73. The number of hydrogen-bond acceptors (Lipinski definition) is 0. The van der Waals surface area contributed by atoms with Crippen LogP contribution in [-0.2, 0) is 0 Å². The standard InChI is InChI=1S/C20H19N/c1-2-7-14-19-17(12-6-1)18-13-8-9-15-20(18)21(19)16-10-4-3-5-11-16/h4,6-15H,1-3,5H2/b12-6-,14-7-. The SMILES string of the molecule is C1=CC(n2c3c(c4ccccc42)/C=C\CC/C=C\3)=CCC1. The van der Waals surface area contributed by atoms with Gasteiger partial charge in [0.15, 0.2) is 0 Å². The van der Waals surface area contributed by atoms with Crippen LogP contribution in [0.4, 0.5) is 0 Å². The van der Waals surface area contributed by atoms with Crippen LogP contribution in [0.1, 0.15) is 36.9 Å². The number of allylic oxidation sites excluding steroid dienone is 6. The molecule has 1 heterocycles. The van der Waals surface area contributed by atoms with E-state index in [-0.39, 0.29) is 0 Å². The van der Waals surface area contributed by atoms with Crippen LogP contribution >= 0.6 is 0 Å². The largest absolute Gasteiger partial charge is 0.310 e. The van der Waals surface area contributed by atoms with Gasteiger partial charge < -0.3 is 4.57 Å². The molecule has 0 N–H and O–H groups in total. The Morgan fingerprint density at radius 3 is 2.38 bits per heavy atom. The molecule has 0 aliphatic heterocycles. The number of rotatable bonds is 1. The minimum Gasteiger partial charge on any atom is -0.310 e. The lowest BCUT2D eigenvalue weighted by atomic mass is 10.1. The Hall–Kier alpha value is -2.28. The molecule has 104 valence electrons. The molecule has 0 saturated heterocycles. The lowest BCUT2D eigenvalue weighted by Gasteiger charge is -2.13. The van der Waals surface area contributed by atoms with Gasteiger partial charge in [0.25, 0.3) is 0 Å². The maximum absolute atomic E-state index is 2.41. The summed E-state index contributed by atoms with van der Waals surface area (Å²) >= 11 is 0. The van der Waals surface area contributed by atoms with Crippen LogP contribution in [0.25, 0.3) is 28.8 Å². The summed E-state index contributed by atoms with van der Waals surface area (Å²) in [5.41, 5.74) is 5.26. The zero-order valence-corrected chi connectivity index (χ0v) is 12.1. The maximum Gasteiger partial charge on any atom is 0.0540 e. The quantitative estimate of drug-likeness (QED) is 0.632. The van der Waals surface area contributed by atoms with Gasteiger partial charge in [0.05, 0.1) is 11.2 Å². The maximum atomic E-state index is 2.41. The van der Waals surface area contributed by atoms with E-state index in [1.807, 2.05) is 0 Å². The Labute approximate surface area is 125 Å². The van der Waals surface area contributed by atoms with Gasteiger partial charge in [0.2, 0.25) is 0 Å². The van der Waals surface area contributed by atoms with E-state index in [1.165, 1.54) is 27.9 Å². The molecule has 0 unspecified atom stereocenters. The number of aromatic nitrogens is 1. The Kier molecular flexibility index (Phi) is 3.11. The van der Waals surface area contributed by atoms with Crippen molar-refractivity contribution in [3.8, 4) is 0 Å². The first-order chi connectivity index (χ1) is 10.4. The highest BCUT2D eigenvalue weighted by Gasteiger charge is 2.16. The molecular formula is C20H19N. The molecule has 0 spiro atoms. The van der Waals surface area contributed by atoms with Gasteiger partial charge in [-0.15, -0.1) is 0 Å². The van der Waals surface area contributed by atoms with Crippen LogP contribution < -0.4 is 0 Å². The lowest BCUT2D eigenvalue weighted by molar-refractivity contribution is 1.01. The average molecular weight is 273 g/mol. The van der Waals surface area contributed by atoms with E-state index >= 15 is 0 Å². The average Bonchev–Trinajstić information content (AvgIpc) is 2.81. The molecule has 0 bridgehead atoms. The third-order valence-corrected chi connectivity index (χ3v) is 4.25. The molecular weight excluding hydrogens is 254 g/mol. The van der Waals surface area contributed by atoms with Gasteiger partial charge in [-0.1, -0.05) is 48.6 Å². The van der Waals surface area contributed by atoms with E-state index in [2.05, 4.69) is 71.4 Å². The molecule has 2 aliphatic carbocycles. The zero-order chi connectivity index (χ0) is 14.1. The van der Waals surface area contributed by atoms with E-state index in [0.29, 0.717) is 0 Å². The number of benzene rings is 1. The van der Waals surface area contributed by atoms with Gasteiger partial charge in [-0.05, 0) is 43.9 Å². The highest BCUT2D eigenvalue weighted by Crippen LogP contribution is 2.33. The highest BCUT2D eigenvalue weighted by atomic mass is 15.0. The smallest absolute Gasteiger partial charge is 0.0540 e. The summed E-state index contributed by atoms with van der Waals surface area (Å²) in [5, 5.41) is 1.34. The fourth-order valence-electron chi connectivity index (χ4n) is 3.26. The second-order valence-electron chi connectivity index (χ2n) is 5.64. The van der Waals surface area contributed by atoms with E-state index in [4.69, 9.17) is 0 Å². The molecule has 1 aromatic heterocycles. The Morgan fingerprint density at radius 2 is 1.52 bits per heavy atom. The van der Waals surface area contributed by atoms with Crippen molar-refractivity contribution in [1.82, 2.24) is 4.57 Å². The van der Waals surface area contributed by atoms with Gasteiger partial charge in [-0.25, -0.2) is 0 Å². The van der Waals surface area contributed by atoms with Crippen molar-refractivity contribution in [2.75, 3.05) is 0 Å². The predicted molar refractivity (Wildman–Crippen MR) is 91.9 cm³/mol. The molecule has 2 aromatic rings. The molecule has 2 aliphatic rings. The van der Waals surface area contributed by atoms with Gasteiger partial charge in [-0.2, -0.15) is 0 Å². The van der Waals surface area contributed by atoms with Crippen LogP contribution in [-0.4, -0.2) is 4.57 Å². The summed E-state index contributed by atoms with van der Waals surface area (Å²) in [7, 11) is 0. The monoisotopic (exact) mass is 273 g/mol. The summed E-state index contributed by atoms with van der Waals surface area (Å²) < 4.78 is 2.41. The number of hydrogen-bond donors (Lipinski definition) is 0. The topological polar surface area (TPSA) is 4.93 Å². The molecule has 1 heteroatoms.